The van der Waals surface area contributed by atoms with Gasteiger partial charge >= 0.3 is 0 Å². The summed E-state index contributed by atoms with van der Waals surface area (Å²) in [6.07, 6.45) is 2.48. The van der Waals surface area contributed by atoms with Crippen LogP contribution in [0.25, 0.3) is 0 Å². The first-order chi connectivity index (χ1) is 14.5. The molecule has 0 aliphatic carbocycles. The second kappa shape index (κ2) is 16.2. The van der Waals surface area contributed by atoms with Crippen molar-refractivity contribution >= 4 is 17.7 Å². The lowest BCUT2D eigenvalue weighted by Crippen LogP contribution is -2.35. The van der Waals surface area contributed by atoms with Crippen LogP contribution in [-0.4, -0.2) is 94.1 Å². The van der Waals surface area contributed by atoms with Crippen molar-refractivity contribution in [3.8, 4) is 0 Å². The number of rotatable bonds is 17. The van der Waals surface area contributed by atoms with Gasteiger partial charge in [-0.25, -0.2) is 9.97 Å². The number of amides is 3. The second-order valence-corrected chi connectivity index (χ2v) is 5.84. The molecule has 0 atom stereocenters. The molecular formula is C18H29N5O7. The topological polar surface area (TPSA) is 164 Å². The standard InChI is InChI=1S/C18H29N5O7/c1-27-6-7-29-10-11-30-9-8-28-5-2-16(24)20-3-4-21-18(26)15-13-22-14(12-23-15)17(19)25/h12-13H,2-11H2,1H3,(H2,19,25)(H,20,24)(H,21,26). The first kappa shape index (κ1) is 25.4. The van der Waals surface area contributed by atoms with E-state index >= 15 is 0 Å². The molecule has 3 amide bonds. The molecule has 0 radical (unpaired) electrons. The van der Waals surface area contributed by atoms with Crippen molar-refractivity contribution in [1.29, 1.82) is 0 Å². The Kier molecular flexibility index (Phi) is 13.7. The van der Waals surface area contributed by atoms with Crippen LogP contribution < -0.4 is 16.4 Å². The third-order valence-electron chi connectivity index (χ3n) is 3.52. The van der Waals surface area contributed by atoms with Gasteiger partial charge in [0.1, 0.15) is 11.4 Å². The smallest absolute Gasteiger partial charge is 0.271 e. The first-order valence-electron chi connectivity index (χ1n) is 9.43. The summed E-state index contributed by atoms with van der Waals surface area (Å²) in [5.74, 6) is -1.39. The first-order valence-corrected chi connectivity index (χ1v) is 9.43. The molecule has 0 spiro atoms. The SMILES string of the molecule is COCCOCCOCCOCCC(=O)NCCNC(=O)c1cnc(C(N)=O)cn1. The Hall–Kier alpha value is -2.67. The van der Waals surface area contributed by atoms with Crippen LogP contribution >= 0.6 is 0 Å². The monoisotopic (exact) mass is 427 g/mol. The fraction of sp³-hybridized carbons (Fsp3) is 0.611. The Morgan fingerprint density at radius 3 is 1.93 bits per heavy atom. The number of ether oxygens (including phenoxy) is 4. The zero-order valence-electron chi connectivity index (χ0n) is 17.1. The fourth-order valence-corrected chi connectivity index (χ4v) is 1.98. The van der Waals surface area contributed by atoms with E-state index in [1.54, 1.807) is 7.11 Å². The van der Waals surface area contributed by atoms with Crippen LogP contribution in [0.5, 0.6) is 0 Å². The van der Waals surface area contributed by atoms with E-state index in [0.29, 0.717) is 39.6 Å². The molecule has 1 heterocycles. The highest BCUT2D eigenvalue weighted by Gasteiger charge is 2.09. The molecule has 12 nitrogen and oxygen atoms in total. The van der Waals surface area contributed by atoms with E-state index in [1.807, 2.05) is 0 Å². The Bertz CT molecular complexity index is 642. The van der Waals surface area contributed by atoms with E-state index in [1.165, 1.54) is 0 Å². The summed E-state index contributed by atoms with van der Waals surface area (Å²) in [4.78, 5) is 42.0. The summed E-state index contributed by atoms with van der Waals surface area (Å²) in [6.45, 7) is 3.60. The molecule has 1 aromatic rings. The summed E-state index contributed by atoms with van der Waals surface area (Å²) in [7, 11) is 1.61. The zero-order chi connectivity index (χ0) is 22.0. The molecule has 12 heteroatoms. The van der Waals surface area contributed by atoms with Gasteiger partial charge in [-0.3, -0.25) is 14.4 Å². The van der Waals surface area contributed by atoms with Gasteiger partial charge in [-0.1, -0.05) is 0 Å². The Labute approximate surface area is 174 Å². The third-order valence-corrected chi connectivity index (χ3v) is 3.52. The van der Waals surface area contributed by atoms with Crippen LogP contribution in [0.4, 0.5) is 0 Å². The van der Waals surface area contributed by atoms with Crippen molar-refractivity contribution in [3.63, 3.8) is 0 Å². The molecule has 0 aromatic carbocycles. The number of nitrogens with one attached hydrogen (secondary N) is 2. The van der Waals surface area contributed by atoms with E-state index in [2.05, 4.69) is 20.6 Å². The lowest BCUT2D eigenvalue weighted by molar-refractivity contribution is -0.122. The lowest BCUT2D eigenvalue weighted by atomic mass is 10.3. The summed E-state index contributed by atoms with van der Waals surface area (Å²) < 4.78 is 20.7. The minimum atomic E-state index is -0.725. The van der Waals surface area contributed by atoms with Gasteiger partial charge < -0.3 is 35.3 Å². The van der Waals surface area contributed by atoms with Crippen molar-refractivity contribution in [3.05, 3.63) is 23.8 Å². The van der Waals surface area contributed by atoms with E-state index in [0.717, 1.165) is 12.4 Å². The quantitative estimate of drug-likeness (QED) is 0.251. The summed E-state index contributed by atoms with van der Waals surface area (Å²) in [5.41, 5.74) is 5.07. The van der Waals surface area contributed by atoms with Gasteiger partial charge in [0, 0.05) is 26.6 Å². The lowest BCUT2D eigenvalue weighted by Gasteiger charge is -2.08. The minimum Gasteiger partial charge on any atom is -0.382 e. The van der Waals surface area contributed by atoms with E-state index in [-0.39, 0.29) is 43.4 Å². The van der Waals surface area contributed by atoms with Crippen molar-refractivity contribution in [2.24, 2.45) is 5.73 Å². The number of carbonyl (C=O) groups excluding carboxylic acids is 3. The normalized spacial score (nSPS) is 10.6. The summed E-state index contributed by atoms with van der Waals surface area (Å²) in [5, 5.41) is 5.24. The number of hydrogen-bond acceptors (Lipinski definition) is 9. The largest absolute Gasteiger partial charge is 0.382 e. The summed E-state index contributed by atoms with van der Waals surface area (Å²) >= 11 is 0. The molecule has 0 fully saturated rings. The van der Waals surface area contributed by atoms with E-state index < -0.39 is 11.8 Å². The molecule has 0 saturated carbocycles. The number of primary amides is 1. The maximum absolute atomic E-state index is 11.9. The highest BCUT2D eigenvalue weighted by Crippen LogP contribution is 1.94. The van der Waals surface area contributed by atoms with Gasteiger partial charge in [0.05, 0.1) is 58.6 Å². The Balaban J connectivity index is 1.97. The van der Waals surface area contributed by atoms with Gasteiger partial charge in [0.25, 0.3) is 11.8 Å². The van der Waals surface area contributed by atoms with Crippen molar-refractivity contribution in [2.75, 3.05) is 66.4 Å². The molecular weight excluding hydrogens is 398 g/mol. The molecule has 30 heavy (non-hydrogen) atoms. The van der Waals surface area contributed by atoms with Crippen LogP contribution in [0.15, 0.2) is 12.4 Å². The summed E-state index contributed by atoms with van der Waals surface area (Å²) in [6, 6.07) is 0. The predicted molar refractivity (Wildman–Crippen MR) is 105 cm³/mol. The fourth-order valence-electron chi connectivity index (χ4n) is 1.98. The Morgan fingerprint density at radius 1 is 0.833 bits per heavy atom. The molecule has 0 aliphatic heterocycles. The molecule has 4 N–H and O–H groups in total. The van der Waals surface area contributed by atoms with Crippen molar-refractivity contribution in [2.45, 2.75) is 6.42 Å². The number of hydrogen-bond donors (Lipinski definition) is 3. The van der Waals surface area contributed by atoms with Crippen LogP contribution in [0.3, 0.4) is 0 Å². The molecule has 0 unspecified atom stereocenters. The van der Waals surface area contributed by atoms with Gasteiger partial charge in [0.2, 0.25) is 5.91 Å². The average Bonchev–Trinajstić information content (AvgIpc) is 2.75. The van der Waals surface area contributed by atoms with Crippen LogP contribution in [0.1, 0.15) is 27.4 Å². The zero-order valence-corrected chi connectivity index (χ0v) is 17.1. The molecule has 0 bridgehead atoms. The van der Waals surface area contributed by atoms with Gasteiger partial charge in [0.15, 0.2) is 0 Å². The van der Waals surface area contributed by atoms with Crippen LogP contribution in [-0.2, 0) is 23.7 Å². The molecule has 168 valence electrons. The second-order valence-electron chi connectivity index (χ2n) is 5.84. The highest BCUT2D eigenvalue weighted by atomic mass is 16.6. The number of carbonyl (C=O) groups is 3. The minimum absolute atomic E-state index is 0.0282. The number of nitrogens with zero attached hydrogens (tertiary/aromatic N) is 2. The predicted octanol–water partition coefficient (Wildman–Crippen LogP) is -1.49. The van der Waals surface area contributed by atoms with Crippen molar-refractivity contribution in [1.82, 2.24) is 20.6 Å². The average molecular weight is 427 g/mol. The Morgan fingerprint density at radius 2 is 1.37 bits per heavy atom. The molecule has 0 aliphatic rings. The van der Waals surface area contributed by atoms with Gasteiger partial charge in [-0.15, -0.1) is 0 Å². The number of methoxy groups -OCH3 is 1. The maximum atomic E-state index is 11.9. The number of nitrogens with two attached hydrogens (primary N) is 1. The molecule has 1 rings (SSSR count). The highest BCUT2D eigenvalue weighted by molar-refractivity contribution is 5.93. The van der Waals surface area contributed by atoms with Crippen molar-refractivity contribution < 1.29 is 33.3 Å². The number of aromatic nitrogens is 2. The van der Waals surface area contributed by atoms with Gasteiger partial charge in [-0.05, 0) is 0 Å². The van der Waals surface area contributed by atoms with Gasteiger partial charge in [-0.2, -0.15) is 0 Å². The maximum Gasteiger partial charge on any atom is 0.271 e. The van der Waals surface area contributed by atoms with Crippen LogP contribution in [0, 0.1) is 0 Å². The third kappa shape index (κ3) is 12.0. The molecule has 0 saturated heterocycles. The van der Waals surface area contributed by atoms with Crippen LogP contribution in [0.2, 0.25) is 0 Å². The molecule has 1 aromatic heterocycles. The van der Waals surface area contributed by atoms with E-state index in [9.17, 15) is 14.4 Å². The van der Waals surface area contributed by atoms with E-state index in [4.69, 9.17) is 24.7 Å².